The second-order valence-corrected chi connectivity index (χ2v) is 8.62. The Morgan fingerprint density at radius 2 is 2.07 bits per heavy atom. The van der Waals surface area contributed by atoms with Crippen LogP contribution in [0.4, 0.5) is 4.39 Å². The molecule has 2 aliphatic rings. The zero-order valence-corrected chi connectivity index (χ0v) is 17.0. The van der Waals surface area contributed by atoms with E-state index in [1.54, 1.807) is 18.3 Å². The number of hydrogen-bond donors (Lipinski definition) is 1. The van der Waals surface area contributed by atoms with Crippen LogP contribution in [0.3, 0.4) is 0 Å². The number of amides is 1. The van der Waals surface area contributed by atoms with Crippen molar-refractivity contribution in [3.8, 4) is 11.5 Å². The highest BCUT2D eigenvalue weighted by molar-refractivity contribution is 5.83. The van der Waals surface area contributed by atoms with Gasteiger partial charge in [-0.25, -0.2) is 4.39 Å². The molecule has 2 N–H and O–H groups in total. The molecule has 2 unspecified atom stereocenters. The maximum Gasteiger partial charge on any atom is 0.229 e. The molecule has 6 heteroatoms. The summed E-state index contributed by atoms with van der Waals surface area (Å²) in [5.74, 6) is 1.31. The molecule has 1 amide bonds. The van der Waals surface area contributed by atoms with Crippen LogP contribution in [0, 0.1) is 17.2 Å². The number of aromatic nitrogens is 1. The summed E-state index contributed by atoms with van der Waals surface area (Å²) in [7, 11) is 0. The number of carbonyl (C=O) groups excluding carboxylic acids is 1. The Hall–Kier alpha value is -2.47. The van der Waals surface area contributed by atoms with Crippen LogP contribution in [0.5, 0.6) is 11.5 Å². The van der Waals surface area contributed by atoms with Crippen molar-refractivity contribution in [1.82, 2.24) is 9.88 Å². The maximum atomic E-state index is 13.5. The van der Waals surface area contributed by atoms with Crippen molar-refractivity contribution in [1.29, 1.82) is 0 Å². The molecule has 1 aromatic heterocycles. The first-order valence-electron chi connectivity index (χ1n) is 10.3. The normalized spacial score (nSPS) is 23.9. The maximum absolute atomic E-state index is 13.5. The van der Waals surface area contributed by atoms with Crippen molar-refractivity contribution in [3.63, 3.8) is 0 Å². The van der Waals surface area contributed by atoms with E-state index in [1.807, 2.05) is 11.0 Å². The van der Waals surface area contributed by atoms with Crippen LogP contribution in [-0.4, -0.2) is 28.4 Å². The third kappa shape index (κ3) is 3.86. The number of carbonyl (C=O) groups is 1. The molecule has 1 aliphatic heterocycles. The van der Waals surface area contributed by atoms with Crippen molar-refractivity contribution < 1.29 is 13.9 Å². The van der Waals surface area contributed by atoms with Gasteiger partial charge in [0.15, 0.2) is 0 Å². The van der Waals surface area contributed by atoms with Crippen LogP contribution in [0.1, 0.15) is 44.4 Å². The Bertz CT molecular complexity index is 899. The number of pyridine rings is 1. The molecule has 1 saturated carbocycles. The Labute approximate surface area is 171 Å². The highest BCUT2D eigenvalue weighted by Crippen LogP contribution is 2.45. The minimum absolute atomic E-state index is 0.107. The Morgan fingerprint density at radius 3 is 2.72 bits per heavy atom. The van der Waals surface area contributed by atoms with Gasteiger partial charge >= 0.3 is 0 Å². The van der Waals surface area contributed by atoms with Gasteiger partial charge in [0.25, 0.3) is 0 Å². The molecule has 2 atom stereocenters. The minimum atomic E-state index is -0.355. The summed E-state index contributed by atoms with van der Waals surface area (Å²) < 4.78 is 18.9. The van der Waals surface area contributed by atoms with Crippen molar-refractivity contribution in [3.05, 3.63) is 53.6 Å². The fourth-order valence-corrected chi connectivity index (χ4v) is 4.67. The number of fused-ring (bicyclic) bond motifs is 1. The molecule has 2 heterocycles. The third-order valence-electron chi connectivity index (χ3n) is 6.47. The fraction of sp³-hybridized carbons (Fsp3) is 0.478. The minimum Gasteiger partial charge on any atom is -0.456 e. The van der Waals surface area contributed by atoms with Gasteiger partial charge in [0.05, 0.1) is 11.6 Å². The summed E-state index contributed by atoms with van der Waals surface area (Å²) >= 11 is 0. The van der Waals surface area contributed by atoms with E-state index in [0.29, 0.717) is 24.6 Å². The molecule has 2 aromatic rings. The number of benzene rings is 1. The molecule has 1 fully saturated rings. The summed E-state index contributed by atoms with van der Waals surface area (Å²) in [5, 5.41) is 0. The smallest absolute Gasteiger partial charge is 0.229 e. The largest absolute Gasteiger partial charge is 0.456 e. The standard InChI is InChI=1S/C23H28FN3O2/c1-15(2)23(9-7-18(25)12-23)22(28)27-10-8-21-16(14-27)11-20(13-26-21)29-19-5-3-17(24)4-6-19/h3-6,11,13,15,18H,7-10,12,14,25H2,1-2H3. The number of nitrogens with two attached hydrogens (primary N) is 1. The van der Waals surface area contributed by atoms with Gasteiger partial charge in [0.2, 0.25) is 5.91 Å². The second kappa shape index (κ2) is 7.75. The van der Waals surface area contributed by atoms with Gasteiger partial charge in [0.1, 0.15) is 17.3 Å². The van der Waals surface area contributed by atoms with E-state index >= 15 is 0 Å². The highest BCUT2D eigenvalue weighted by Gasteiger charge is 2.48. The average Bonchev–Trinajstić information content (AvgIpc) is 3.12. The fourth-order valence-electron chi connectivity index (χ4n) is 4.67. The van der Waals surface area contributed by atoms with Gasteiger partial charge in [-0.3, -0.25) is 9.78 Å². The Morgan fingerprint density at radius 1 is 1.31 bits per heavy atom. The summed E-state index contributed by atoms with van der Waals surface area (Å²) in [6.07, 6.45) is 4.95. The number of hydrogen-bond acceptors (Lipinski definition) is 4. The lowest BCUT2D eigenvalue weighted by Gasteiger charge is -2.39. The average molecular weight is 397 g/mol. The van der Waals surface area contributed by atoms with Gasteiger partial charge < -0.3 is 15.4 Å². The molecule has 0 bridgehead atoms. The van der Waals surface area contributed by atoms with E-state index in [0.717, 1.165) is 36.9 Å². The first kappa shape index (κ1) is 19.8. The van der Waals surface area contributed by atoms with Crippen molar-refractivity contribution in [2.24, 2.45) is 17.1 Å². The van der Waals surface area contributed by atoms with Gasteiger partial charge in [-0.15, -0.1) is 0 Å². The Balaban J connectivity index is 1.53. The predicted octanol–water partition coefficient (Wildman–Crippen LogP) is 4.05. The molecule has 1 aliphatic carbocycles. The second-order valence-electron chi connectivity index (χ2n) is 8.62. The van der Waals surface area contributed by atoms with Crippen molar-refractivity contribution in [2.45, 2.75) is 52.1 Å². The molecule has 0 saturated heterocycles. The molecule has 5 nitrogen and oxygen atoms in total. The lowest BCUT2D eigenvalue weighted by atomic mass is 9.74. The zero-order chi connectivity index (χ0) is 20.6. The van der Waals surface area contributed by atoms with E-state index in [-0.39, 0.29) is 29.1 Å². The van der Waals surface area contributed by atoms with Crippen LogP contribution in [-0.2, 0) is 17.8 Å². The highest BCUT2D eigenvalue weighted by atomic mass is 19.1. The lowest BCUT2D eigenvalue weighted by molar-refractivity contribution is -0.145. The topological polar surface area (TPSA) is 68.5 Å². The molecule has 0 radical (unpaired) electrons. The predicted molar refractivity (Wildman–Crippen MR) is 109 cm³/mol. The first-order chi connectivity index (χ1) is 13.9. The van der Waals surface area contributed by atoms with E-state index in [1.165, 1.54) is 12.1 Å². The SMILES string of the molecule is CC(C)C1(C(=O)N2CCc3ncc(Oc4ccc(F)cc4)cc3C2)CCC(N)C1. The molecular weight excluding hydrogens is 369 g/mol. The molecule has 4 rings (SSSR count). The molecule has 0 spiro atoms. The molecule has 154 valence electrons. The van der Waals surface area contributed by atoms with E-state index in [4.69, 9.17) is 10.5 Å². The summed E-state index contributed by atoms with van der Waals surface area (Å²) in [4.78, 5) is 20.0. The number of nitrogens with zero attached hydrogens (tertiary/aromatic N) is 2. The van der Waals surface area contributed by atoms with Crippen LogP contribution in [0.25, 0.3) is 0 Å². The van der Waals surface area contributed by atoms with Gasteiger partial charge in [-0.2, -0.15) is 0 Å². The summed E-state index contributed by atoms with van der Waals surface area (Å²) in [5.41, 5.74) is 7.83. The summed E-state index contributed by atoms with van der Waals surface area (Å²) in [6, 6.07) is 7.93. The van der Waals surface area contributed by atoms with Gasteiger partial charge in [-0.1, -0.05) is 13.8 Å². The van der Waals surface area contributed by atoms with Crippen LogP contribution in [0.2, 0.25) is 0 Å². The monoisotopic (exact) mass is 397 g/mol. The van der Waals surface area contributed by atoms with E-state index in [9.17, 15) is 9.18 Å². The summed E-state index contributed by atoms with van der Waals surface area (Å²) in [6.45, 7) is 5.47. The van der Waals surface area contributed by atoms with Gasteiger partial charge in [0, 0.05) is 31.2 Å². The first-order valence-corrected chi connectivity index (χ1v) is 10.3. The Kier molecular flexibility index (Phi) is 5.30. The van der Waals surface area contributed by atoms with Crippen LogP contribution >= 0.6 is 0 Å². The number of ether oxygens (including phenoxy) is 1. The van der Waals surface area contributed by atoms with E-state index in [2.05, 4.69) is 18.8 Å². The number of halogens is 1. The van der Waals surface area contributed by atoms with E-state index < -0.39 is 0 Å². The van der Waals surface area contributed by atoms with Crippen molar-refractivity contribution in [2.75, 3.05) is 6.54 Å². The molecular formula is C23H28FN3O2. The number of rotatable bonds is 4. The lowest BCUT2D eigenvalue weighted by Crippen LogP contribution is -2.48. The van der Waals surface area contributed by atoms with Crippen LogP contribution < -0.4 is 10.5 Å². The quantitative estimate of drug-likeness (QED) is 0.845. The zero-order valence-electron chi connectivity index (χ0n) is 17.0. The van der Waals surface area contributed by atoms with Gasteiger partial charge in [-0.05, 0) is 61.1 Å². The third-order valence-corrected chi connectivity index (χ3v) is 6.47. The molecule has 29 heavy (non-hydrogen) atoms. The van der Waals surface area contributed by atoms with Crippen molar-refractivity contribution >= 4 is 5.91 Å². The van der Waals surface area contributed by atoms with Crippen LogP contribution in [0.15, 0.2) is 36.5 Å². The molecule has 1 aromatic carbocycles.